The number of aliphatic hydroxyl groups excluding tert-OH is 1. The van der Waals surface area contributed by atoms with Gasteiger partial charge in [0.05, 0.1) is 6.10 Å². The summed E-state index contributed by atoms with van der Waals surface area (Å²) in [5.41, 5.74) is -0.370. The molecule has 1 heterocycles. The lowest BCUT2D eigenvalue weighted by molar-refractivity contribution is -0.157. The largest absolute Gasteiger partial charge is 0.390 e. The normalized spacial score (nSPS) is 26.9. The maximum absolute atomic E-state index is 15.1. The predicted octanol–water partition coefficient (Wildman–Crippen LogP) is 3.39. The number of rotatable bonds is 14. The minimum atomic E-state index is -1.64. The van der Waals surface area contributed by atoms with E-state index < -0.39 is 155 Å². The fourth-order valence-electron chi connectivity index (χ4n) is 10.7. The van der Waals surface area contributed by atoms with Crippen molar-refractivity contribution in [3.63, 3.8) is 0 Å². The fraction of sp³-hybridized carbons (Fsp3) is 0.758. The molecular formula is C62H109N11O12. The Kier molecular flexibility index (Phi) is 30.7. The van der Waals surface area contributed by atoms with Gasteiger partial charge in [-0.2, -0.15) is 0 Å². The van der Waals surface area contributed by atoms with Crippen LogP contribution >= 0.6 is 0 Å². The first-order valence-corrected chi connectivity index (χ1v) is 30.2. The van der Waals surface area contributed by atoms with Gasteiger partial charge < -0.3 is 60.7 Å². The van der Waals surface area contributed by atoms with Gasteiger partial charge in [0.25, 0.3) is 5.91 Å². The van der Waals surface area contributed by atoms with Crippen LogP contribution in [-0.4, -0.2) is 220 Å². The minimum absolute atomic E-state index is 0.0268. The van der Waals surface area contributed by atoms with Crippen LogP contribution in [0, 0.1) is 41.4 Å². The van der Waals surface area contributed by atoms with E-state index >= 15 is 9.59 Å². The van der Waals surface area contributed by atoms with Crippen molar-refractivity contribution in [2.75, 3.05) is 49.3 Å². The van der Waals surface area contributed by atoms with Crippen molar-refractivity contribution >= 4 is 65.0 Å². The summed E-state index contributed by atoms with van der Waals surface area (Å²) in [5.74, 6) is -10.7. The van der Waals surface area contributed by atoms with E-state index in [2.05, 4.69) is 27.8 Å². The number of likely N-dealkylation sites (N-methyl/N-ethyl adjacent to an activating group) is 7. The Hall–Kier alpha value is -6.39. The first-order valence-electron chi connectivity index (χ1n) is 30.2. The zero-order valence-corrected chi connectivity index (χ0v) is 55.9. The molecule has 0 bridgehead atoms. The quantitative estimate of drug-likeness (QED) is 0.124. The van der Waals surface area contributed by atoms with Crippen LogP contribution in [0.4, 0.5) is 0 Å². The molecule has 5 N–H and O–H groups in total. The van der Waals surface area contributed by atoms with E-state index in [1.807, 2.05) is 41.5 Å². The monoisotopic (exact) mass is 1200 g/mol. The molecule has 12 atom stereocenters. The van der Waals surface area contributed by atoms with Gasteiger partial charge in [-0.15, -0.1) is 0 Å². The molecule has 484 valence electrons. The molecule has 1 aliphatic heterocycles. The second kappa shape index (κ2) is 34.1. The Balaban J connectivity index is 4.35. The Morgan fingerprint density at radius 3 is 1.34 bits per heavy atom. The molecule has 0 spiro atoms. The Labute approximate surface area is 508 Å². The smallest absolute Gasteiger partial charge is 0.270 e. The van der Waals surface area contributed by atoms with E-state index in [9.17, 15) is 48.3 Å². The van der Waals surface area contributed by atoms with Gasteiger partial charge in [-0.1, -0.05) is 116 Å². The number of aliphatic hydroxyl groups is 1. The molecule has 23 nitrogen and oxygen atoms in total. The average Bonchev–Trinajstić information content (AvgIpc) is 3.34. The van der Waals surface area contributed by atoms with Crippen LogP contribution in [0.25, 0.3) is 0 Å². The highest BCUT2D eigenvalue weighted by atomic mass is 16.3. The number of carbonyl (C=O) groups excluding carboxylic acids is 11. The predicted molar refractivity (Wildman–Crippen MR) is 328 cm³/mol. The lowest BCUT2D eigenvalue weighted by atomic mass is 9.91. The summed E-state index contributed by atoms with van der Waals surface area (Å²) in [6.07, 6.45) is 2.75. The number of hydrogen-bond acceptors (Lipinski definition) is 12. The number of nitrogens with one attached hydrogen (secondary N) is 4. The molecule has 0 aliphatic carbocycles. The van der Waals surface area contributed by atoms with Gasteiger partial charge in [-0.25, -0.2) is 0 Å². The molecule has 1 aliphatic rings. The SMILES string of the molecule is C=C1C(=O)N(C)[C@@H](C(C)C)C(=O)N[C@@H](C(C)C)C(=O)N(C)[C@@H](CC(C)C)C(=O)N[C@@H](C)C(=O)N[C@H](C)C(=O)N(C)[C@@H](CC(C)C)C(=O)N(C)[C@@H](CC(C)C)C(=O)N(C)[C@@H](C(C)C)C(=O)N(C)[C@@H]([C@H](O)[C@H](C)C/C=C/C)C(=O)N[C@@H](CC)C(=O)N1C. The molecule has 0 saturated carbocycles. The van der Waals surface area contributed by atoms with Crippen LogP contribution in [0.3, 0.4) is 0 Å². The van der Waals surface area contributed by atoms with Crippen molar-refractivity contribution in [1.29, 1.82) is 0 Å². The summed E-state index contributed by atoms with van der Waals surface area (Å²) < 4.78 is 0. The van der Waals surface area contributed by atoms with Crippen LogP contribution < -0.4 is 21.3 Å². The molecule has 1 rings (SSSR count). The lowest BCUT2D eigenvalue weighted by Crippen LogP contribution is -2.63. The van der Waals surface area contributed by atoms with Gasteiger partial charge in [-0.3, -0.25) is 52.7 Å². The van der Waals surface area contributed by atoms with E-state index in [-0.39, 0.29) is 49.1 Å². The molecule has 23 heteroatoms. The number of carbonyl (C=O) groups is 11. The number of allylic oxidation sites excluding steroid dienone is 2. The van der Waals surface area contributed by atoms with Crippen molar-refractivity contribution in [3.8, 4) is 0 Å². The third-order valence-corrected chi connectivity index (χ3v) is 16.1. The molecule has 11 amide bonds. The summed E-state index contributed by atoms with van der Waals surface area (Å²) >= 11 is 0. The van der Waals surface area contributed by atoms with Gasteiger partial charge in [-0.05, 0) is 94.3 Å². The molecule has 1 fully saturated rings. The van der Waals surface area contributed by atoms with Crippen LogP contribution in [-0.2, 0) is 52.7 Å². The molecule has 1 saturated heterocycles. The van der Waals surface area contributed by atoms with Crippen LogP contribution in [0.5, 0.6) is 0 Å². The number of amides is 11. The second-order valence-corrected chi connectivity index (χ2v) is 25.7. The summed E-state index contributed by atoms with van der Waals surface area (Å²) in [4.78, 5) is 168. The molecule has 0 unspecified atom stereocenters. The highest BCUT2D eigenvalue weighted by molar-refractivity contribution is 6.02. The topological polar surface area (TPSA) is 279 Å². The molecular weight excluding hydrogens is 1090 g/mol. The van der Waals surface area contributed by atoms with E-state index in [1.165, 1.54) is 82.8 Å². The van der Waals surface area contributed by atoms with E-state index in [0.29, 0.717) is 6.42 Å². The Bertz CT molecular complexity index is 2390. The van der Waals surface area contributed by atoms with E-state index in [1.54, 1.807) is 74.5 Å². The van der Waals surface area contributed by atoms with Crippen molar-refractivity contribution in [1.82, 2.24) is 55.6 Å². The maximum atomic E-state index is 15.1. The first-order chi connectivity index (χ1) is 39.2. The zero-order valence-electron chi connectivity index (χ0n) is 55.9. The highest BCUT2D eigenvalue weighted by Crippen LogP contribution is 2.26. The Morgan fingerprint density at radius 1 is 0.471 bits per heavy atom. The summed E-state index contributed by atoms with van der Waals surface area (Å²) in [6.45, 7) is 33.3. The molecule has 0 aromatic carbocycles. The fourth-order valence-corrected chi connectivity index (χ4v) is 10.7. The maximum Gasteiger partial charge on any atom is 0.270 e. The van der Waals surface area contributed by atoms with Gasteiger partial charge in [0.15, 0.2) is 0 Å². The standard InChI is InChI=1S/C62H109N11O12/c1-26-28-29-39(15)51(74)50-55(78)65-43(27-2)58(81)67(19)42(18)57(80)71(23)48(37(11)12)54(77)66-47(36(9)10)61(84)68(20)44(30-33(3)4)53(76)63-40(16)52(75)64-41(17)56(79)69(21)45(31-34(5)6)59(82)70(22)46(32-35(7)8)60(83)72(24)49(38(13)14)62(85)73(50)25/h26,28,33-41,43-51,74H,18,27,29-32H2,1-17,19-25H3,(H,63,76)(H,64,75)(H,65,78)(H,66,77)/b28-26+/t39-,40+,41-,43+,44+,45+,46+,47+,48+,49+,50+,51-/m1/s1. The molecule has 85 heavy (non-hydrogen) atoms. The van der Waals surface area contributed by atoms with Crippen molar-refractivity contribution in [2.45, 2.75) is 216 Å². The Morgan fingerprint density at radius 2 is 0.894 bits per heavy atom. The summed E-state index contributed by atoms with van der Waals surface area (Å²) in [7, 11) is 9.71. The average molecular weight is 1200 g/mol. The van der Waals surface area contributed by atoms with Gasteiger partial charge in [0.2, 0.25) is 59.1 Å². The second-order valence-electron chi connectivity index (χ2n) is 25.7. The molecule has 0 aromatic rings. The third kappa shape index (κ3) is 20.4. The van der Waals surface area contributed by atoms with Crippen molar-refractivity contribution in [3.05, 3.63) is 24.4 Å². The van der Waals surface area contributed by atoms with Crippen LogP contribution in [0.15, 0.2) is 24.4 Å². The van der Waals surface area contributed by atoms with Crippen LogP contribution in [0.2, 0.25) is 0 Å². The van der Waals surface area contributed by atoms with E-state index in [4.69, 9.17) is 0 Å². The first kappa shape index (κ1) is 76.6. The summed E-state index contributed by atoms with van der Waals surface area (Å²) in [6, 6.07) is -12.6. The third-order valence-electron chi connectivity index (χ3n) is 16.1. The van der Waals surface area contributed by atoms with Gasteiger partial charge >= 0.3 is 0 Å². The van der Waals surface area contributed by atoms with Crippen LogP contribution in [0.1, 0.15) is 150 Å². The lowest BCUT2D eigenvalue weighted by Gasteiger charge is -2.41. The van der Waals surface area contributed by atoms with Crippen molar-refractivity contribution in [2.24, 2.45) is 41.4 Å². The molecule has 0 aromatic heterocycles. The van der Waals surface area contributed by atoms with Crippen molar-refractivity contribution < 1.29 is 57.8 Å². The summed E-state index contributed by atoms with van der Waals surface area (Å²) in [5, 5.41) is 23.0. The molecule has 0 radical (unpaired) electrons. The van der Waals surface area contributed by atoms with E-state index in [0.717, 1.165) is 14.7 Å². The van der Waals surface area contributed by atoms with Gasteiger partial charge in [0.1, 0.15) is 66.1 Å². The highest BCUT2D eigenvalue weighted by Gasteiger charge is 2.46. The minimum Gasteiger partial charge on any atom is -0.390 e. The zero-order chi connectivity index (χ0) is 66.1. The number of hydrogen-bond donors (Lipinski definition) is 5. The number of nitrogens with zero attached hydrogens (tertiary/aromatic N) is 7. The van der Waals surface area contributed by atoms with Gasteiger partial charge in [0, 0.05) is 49.3 Å².